The molecule has 0 saturated carbocycles. The molecule has 1 aromatic carbocycles. The summed E-state index contributed by atoms with van der Waals surface area (Å²) in [5, 5.41) is 0. The van der Waals surface area contributed by atoms with Crippen LogP contribution in [0.4, 0.5) is 4.39 Å². The number of ether oxygens (including phenoxy) is 3. The molecule has 2 saturated heterocycles. The molecule has 1 aromatic rings. The van der Waals surface area contributed by atoms with Crippen LogP contribution in [0.1, 0.15) is 12.8 Å². The Morgan fingerprint density at radius 1 is 1.15 bits per heavy atom. The maximum absolute atomic E-state index is 14.4. The molecule has 2 aliphatic heterocycles. The highest BCUT2D eigenvalue weighted by Gasteiger charge is 2.35. The Morgan fingerprint density at radius 3 is 2.33 bits per heavy atom. The van der Waals surface area contributed by atoms with Gasteiger partial charge in [-0.25, -0.2) is 12.8 Å². The van der Waals surface area contributed by atoms with E-state index < -0.39 is 26.8 Å². The highest BCUT2D eigenvalue weighted by atomic mass is 32.2. The zero-order valence-electron chi connectivity index (χ0n) is 15.3. The Labute approximate surface area is 157 Å². The van der Waals surface area contributed by atoms with E-state index >= 15 is 0 Å². The average molecular weight is 402 g/mol. The van der Waals surface area contributed by atoms with Crippen LogP contribution in [-0.4, -0.2) is 76.6 Å². The minimum absolute atomic E-state index is 0.0918. The Hall–Kier alpha value is -1.91. The highest BCUT2D eigenvalue weighted by molar-refractivity contribution is 7.89. The van der Waals surface area contributed by atoms with Crippen LogP contribution in [0.2, 0.25) is 0 Å². The van der Waals surface area contributed by atoms with E-state index in [2.05, 4.69) is 0 Å². The molecule has 0 aliphatic carbocycles. The molecule has 2 heterocycles. The molecular weight excluding hydrogens is 379 g/mol. The number of amides is 1. The third kappa shape index (κ3) is 3.87. The molecule has 150 valence electrons. The molecular formula is C17H23FN2O6S. The molecule has 27 heavy (non-hydrogen) atoms. The topological polar surface area (TPSA) is 85.4 Å². The number of piperazine rings is 1. The minimum atomic E-state index is -4.06. The van der Waals surface area contributed by atoms with Gasteiger partial charge in [-0.2, -0.15) is 4.31 Å². The number of halogens is 1. The lowest BCUT2D eigenvalue weighted by molar-refractivity contribution is -0.142. The Bertz CT molecular complexity index is 802. The van der Waals surface area contributed by atoms with Gasteiger partial charge >= 0.3 is 0 Å². The minimum Gasteiger partial charge on any atom is -0.493 e. The predicted molar refractivity (Wildman–Crippen MR) is 93.8 cm³/mol. The van der Waals surface area contributed by atoms with Gasteiger partial charge in [0.15, 0.2) is 11.5 Å². The maximum Gasteiger partial charge on any atom is 0.251 e. The summed E-state index contributed by atoms with van der Waals surface area (Å²) in [5.74, 6) is -0.780. The summed E-state index contributed by atoms with van der Waals surface area (Å²) in [6, 6.07) is 2.11. The van der Waals surface area contributed by atoms with Crippen LogP contribution in [0.5, 0.6) is 11.5 Å². The number of rotatable bonds is 5. The van der Waals surface area contributed by atoms with Crippen LogP contribution in [0.25, 0.3) is 0 Å². The van der Waals surface area contributed by atoms with Gasteiger partial charge in [0.05, 0.1) is 14.2 Å². The molecule has 1 amide bonds. The first-order chi connectivity index (χ1) is 12.9. The predicted octanol–water partition coefficient (Wildman–Crippen LogP) is 0.855. The van der Waals surface area contributed by atoms with Gasteiger partial charge in [0.1, 0.15) is 16.8 Å². The number of methoxy groups -OCH3 is 2. The number of sulfonamides is 1. The van der Waals surface area contributed by atoms with Gasteiger partial charge in [0, 0.05) is 44.9 Å². The molecule has 0 radical (unpaired) electrons. The lowest BCUT2D eigenvalue weighted by Crippen LogP contribution is -2.52. The quantitative estimate of drug-likeness (QED) is 0.726. The fraction of sp³-hybridized carbons (Fsp3) is 0.588. The smallest absolute Gasteiger partial charge is 0.251 e. The van der Waals surface area contributed by atoms with Crippen molar-refractivity contribution < 1.29 is 31.8 Å². The van der Waals surface area contributed by atoms with Crippen LogP contribution in [0.3, 0.4) is 0 Å². The third-order valence-electron chi connectivity index (χ3n) is 4.81. The molecule has 0 bridgehead atoms. The van der Waals surface area contributed by atoms with E-state index in [1.165, 1.54) is 18.5 Å². The first-order valence-corrected chi connectivity index (χ1v) is 10.1. The molecule has 10 heteroatoms. The number of nitrogens with zero attached hydrogens (tertiary/aromatic N) is 2. The van der Waals surface area contributed by atoms with Crippen molar-refractivity contribution in [3.05, 3.63) is 17.9 Å². The summed E-state index contributed by atoms with van der Waals surface area (Å²) >= 11 is 0. The van der Waals surface area contributed by atoms with Crippen molar-refractivity contribution in [2.75, 3.05) is 47.0 Å². The summed E-state index contributed by atoms with van der Waals surface area (Å²) < 4.78 is 56.8. The molecule has 0 spiro atoms. The monoisotopic (exact) mass is 402 g/mol. The second kappa shape index (κ2) is 7.99. The van der Waals surface area contributed by atoms with Gasteiger partial charge < -0.3 is 19.1 Å². The fourth-order valence-corrected chi connectivity index (χ4v) is 4.78. The summed E-state index contributed by atoms with van der Waals surface area (Å²) in [5.41, 5.74) is 0. The Morgan fingerprint density at radius 2 is 1.78 bits per heavy atom. The second-order valence-corrected chi connectivity index (χ2v) is 8.28. The highest BCUT2D eigenvalue weighted by Crippen LogP contribution is 2.33. The van der Waals surface area contributed by atoms with E-state index in [4.69, 9.17) is 14.2 Å². The molecule has 1 unspecified atom stereocenters. The normalized spacial score (nSPS) is 21.3. The van der Waals surface area contributed by atoms with Crippen LogP contribution in [0, 0.1) is 5.82 Å². The van der Waals surface area contributed by atoms with Gasteiger partial charge in [0.25, 0.3) is 5.91 Å². The van der Waals surface area contributed by atoms with Crippen molar-refractivity contribution >= 4 is 15.9 Å². The van der Waals surface area contributed by atoms with Crippen molar-refractivity contribution in [3.63, 3.8) is 0 Å². The van der Waals surface area contributed by atoms with E-state index in [0.29, 0.717) is 13.0 Å². The summed E-state index contributed by atoms with van der Waals surface area (Å²) in [7, 11) is -1.37. The zero-order chi connectivity index (χ0) is 19.6. The Kier molecular flexibility index (Phi) is 5.87. The lowest BCUT2D eigenvalue weighted by atomic mass is 10.2. The SMILES string of the molecule is COc1cc(F)c(S(=O)(=O)N2CCN(C(=O)C3CCCO3)CC2)cc1OC. The second-order valence-electron chi connectivity index (χ2n) is 6.37. The van der Waals surface area contributed by atoms with E-state index in [1.807, 2.05) is 0 Å². The maximum atomic E-state index is 14.4. The summed E-state index contributed by atoms with van der Waals surface area (Å²) in [4.78, 5) is 13.5. The molecule has 2 aliphatic rings. The van der Waals surface area contributed by atoms with Crippen LogP contribution in [0.15, 0.2) is 17.0 Å². The number of carbonyl (C=O) groups is 1. The van der Waals surface area contributed by atoms with Gasteiger partial charge in [-0.15, -0.1) is 0 Å². The third-order valence-corrected chi connectivity index (χ3v) is 6.72. The van der Waals surface area contributed by atoms with E-state index in [-0.39, 0.29) is 43.6 Å². The van der Waals surface area contributed by atoms with Gasteiger partial charge in [0.2, 0.25) is 10.0 Å². The fourth-order valence-electron chi connectivity index (χ4n) is 3.30. The van der Waals surface area contributed by atoms with Crippen molar-refractivity contribution in [1.82, 2.24) is 9.21 Å². The zero-order valence-corrected chi connectivity index (χ0v) is 16.1. The summed E-state index contributed by atoms with van der Waals surface area (Å²) in [6.45, 7) is 1.24. The number of carbonyl (C=O) groups excluding carboxylic acids is 1. The number of benzene rings is 1. The molecule has 0 aromatic heterocycles. The standard InChI is InChI=1S/C17H23FN2O6S/c1-24-14-10-12(18)16(11-15(14)25-2)27(22,23)20-7-5-19(6-8-20)17(21)13-4-3-9-26-13/h10-11,13H,3-9H2,1-2H3. The van der Waals surface area contributed by atoms with E-state index in [0.717, 1.165) is 18.6 Å². The molecule has 2 fully saturated rings. The van der Waals surface area contributed by atoms with E-state index in [1.54, 1.807) is 4.90 Å². The summed E-state index contributed by atoms with van der Waals surface area (Å²) in [6.07, 6.45) is 1.11. The van der Waals surface area contributed by atoms with Crippen LogP contribution in [-0.2, 0) is 19.6 Å². The van der Waals surface area contributed by atoms with E-state index in [9.17, 15) is 17.6 Å². The number of hydrogen-bond acceptors (Lipinski definition) is 6. The van der Waals surface area contributed by atoms with Crippen molar-refractivity contribution in [2.24, 2.45) is 0 Å². The van der Waals surface area contributed by atoms with Crippen molar-refractivity contribution in [1.29, 1.82) is 0 Å². The number of hydrogen-bond donors (Lipinski definition) is 0. The van der Waals surface area contributed by atoms with Crippen molar-refractivity contribution in [2.45, 2.75) is 23.8 Å². The van der Waals surface area contributed by atoms with Crippen molar-refractivity contribution in [3.8, 4) is 11.5 Å². The molecule has 8 nitrogen and oxygen atoms in total. The lowest BCUT2D eigenvalue weighted by Gasteiger charge is -2.35. The average Bonchev–Trinajstić information content (AvgIpc) is 3.21. The first-order valence-electron chi connectivity index (χ1n) is 8.70. The van der Waals surface area contributed by atoms with Gasteiger partial charge in [-0.05, 0) is 12.8 Å². The van der Waals surface area contributed by atoms with Gasteiger partial charge in [-0.1, -0.05) is 0 Å². The molecule has 0 N–H and O–H groups in total. The molecule has 1 atom stereocenters. The first kappa shape index (κ1) is 19.8. The van der Waals surface area contributed by atoms with Crippen LogP contribution >= 0.6 is 0 Å². The Balaban J connectivity index is 1.74. The van der Waals surface area contributed by atoms with Gasteiger partial charge in [-0.3, -0.25) is 4.79 Å². The largest absolute Gasteiger partial charge is 0.493 e. The van der Waals surface area contributed by atoms with Crippen LogP contribution < -0.4 is 9.47 Å². The molecule has 3 rings (SSSR count).